The molecule has 1 saturated heterocycles. The van der Waals surface area contributed by atoms with Crippen LogP contribution in [0, 0.1) is 5.92 Å². The van der Waals surface area contributed by atoms with Gasteiger partial charge in [0.05, 0.1) is 23.7 Å². The molecule has 170 valence electrons. The molecule has 1 aromatic rings. The third-order valence-electron chi connectivity index (χ3n) is 7.12. The number of nitrogens with two attached hydrogens (primary N) is 1. The molecule has 1 saturated carbocycles. The van der Waals surface area contributed by atoms with Crippen LogP contribution < -0.4 is 5.73 Å². The van der Waals surface area contributed by atoms with E-state index in [1.165, 1.54) is 4.09 Å². The third kappa shape index (κ3) is 3.88. The molecule has 4 aliphatic rings. The molecule has 7 nitrogen and oxygen atoms in total. The van der Waals surface area contributed by atoms with Gasteiger partial charge in [-0.25, -0.2) is 17.2 Å². The van der Waals surface area contributed by atoms with Crippen LogP contribution in [0.3, 0.4) is 0 Å². The summed E-state index contributed by atoms with van der Waals surface area (Å²) in [6.45, 7) is 1.48. The standard InChI is InChI=1S/C21H28F2N4O3S/c22-14-5-6-18(23)17(7-14)21-19(24)8-15(12-30-21)26-9-13-10-27(25-20(13)11-26)31(28,29)16-3-1-2-4-16/h5-6,10,15-17,19,21H,1-4,7-9,11-12,24H2/t15?,17?,19?,21-/m1/s1. The van der Waals surface area contributed by atoms with Crippen molar-refractivity contribution in [1.82, 2.24) is 14.1 Å². The number of hydrogen-bond acceptors (Lipinski definition) is 6. The number of halogens is 2. The van der Waals surface area contributed by atoms with Gasteiger partial charge in [-0.1, -0.05) is 12.8 Å². The minimum atomic E-state index is -3.43. The minimum absolute atomic E-state index is 0.0237. The second-order valence-corrected chi connectivity index (χ2v) is 11.2. The Morgan fingerprint density at radius 1 is 1.16 bits per heavy atom. The Balaban J connectivity index is 1.22. The molecule has 2 fully saturated rings. The molecule has 0 amide bonds. The highest BCUT2D eigenvalue weighted by molar-refractivity contribution is 7.90. The molecule has 2 aliphatic heterocycles. The molecule has 31 heavy (non-hydrogen) atoms. The van der Waals surface area contributed by atoms with Crippen molar-refractivity contribution in [2.45, 2.75) is 75.1 Å². The van der Waals surface area contributed by atoms with Gasteiger partial charge in [-0.2, -0.15) is 9.19 Å². The first-order chi connectivity index (χ1) is 14.8. The normalized spacial score (nSPS) is 32.7. The van der Waals surface area contributed by atoms with E-state index in [4.69, 9.17) is 10.5 Å². The average molecular weight is 455 g/mol. The number of fused-ring (bicyclic) bond motifs is 1. The van der Waals surface area contributed by atoms with E-state index in [9.17, 15) is 17.2 Å². The SMILES string of the molecule is NC1CC(N2Cc3cn(S(=O)(=O)C4CCCC4)nc3C2)CO[C@@H]1C1CC(F)=CC=C1F. The number of ether oxygens (including phenoxy) is 1. The van der Waals surface area contributed by atoms with Gasteiger partial charge in [0.1, 0.15) is 11.7 Å². The summed E-state index contributed by atoms with van der Waals surface area (Å²) in [4.78, 5) is 2.17. The lowest BCUT2D eigenvalue weighted by Crippen LogP contribution is -2.53. The van der Waals surface area contributed by atoms with E-state index >= 15 is 0 Å². The van der Waals surface area contributed by atoms with Crippen LogP contribution in [0.4, 0.5) is 8.78 Å². The van der Waals surface area contributed by atoms with Crippen molar-refractivity contribution in [3.05, 3.63) is 41.3 Å². The molecule has 3 heterocycles. The van der Waals surface area contributed by atoms with Crippen molar-refractivity contribution in [2.24, 2.45) is 11.7 Å². The highest BCUT2D eigenvalue weighted by Crippen LogP contribution is 2.36. The highest BCUT2D eigenvalue weighted by atomic mass is 32.2. The monoisotopic (exact) mass is 454 g/mol. The topological polar surface area (TPSA) is 90.5 Å². The number of nitrogens with zero attached hydrogens (tertiary/aromatic N) is 3. The molecule has 0 spiro atoms. The zero-order chi connectivity index (χ0) is 21.8. The number of aromatic nitrogens is 2. The lowest BCUT2D eigenvalue weighted by Gasteiger charge is -2.41. The Bertz CT molecular complexity index is 992. The fourth-order valence-electron chi connectivity index (χ4n) is 5.35. The van der Waals surface area contributed by atoms with Crippen LogP contribution in [0.5, 0.6) is 0 Å². The molecule has 3 unspecified atom stereocenters. The molecule has 0 radical (unpaired) electrons. The van der Waals surface area contributed by atoms with Crippen molar-refractivity contribution >= 4 is 10.0 Å². The van der Waals surface area contributed by atoms with E-state index in [2.05, 4.69) is 10.00 Å². The Morgan fingerprint density at radius 2 is 1.94 bits per heavy atom. The first-order valence-electron chi connectivity index (χ1n) is 11.0. The molecule has 4 atom stereocenters. The highest BCUT2D eigenvalue weighted by Gasteiger charge is 2.41. The summed E-state index contributed by atoms with van der Waals surface area (Å²) in [5.74, 6) is -1.43. The predicted molar refractivity (Wildman–Crippen MR) is 111 cm³/mol. The maximum atomic E-state index is 14.2. The van der Waals surface area contributed by atoms with Gasteiger partial charge >= 0.3 is 0 Å². The summed E-state index contributed by atoms with van der Waals surface area (Å²) in [5.41, 5.74) is 8.00. The number of rotatable bonds is 4. The van der Waals surface area contributed by atoms with E-state index < -0.39 is 28.1 Å². The molecular formula is C21H28F2N4O3S. The summed E-state index contributed by atoms with van der Waals surface area (Å²) >= 11 is 0. The fraction of sp³-hybridized carbons (Fsp3) is 0.667. The summed E-state index contributed by atoms with van der Waals surface area (Å²) in [5, 5.41) is 4.05. The first-order valence-corrected chi connectivity index (χ1v) is 12.5. The average Bonchev–Trinajstić information content (AvgIpc) is 3.46. The lowest BCUT2D eigenvalue weighted by atomic mass is 9.85. The van der Waals surface area contributed by atoms with Crippen molar-refractivity contribution in [1.29, 1.82) is 0 Å². The zero-order valence-electron chi connectivity index (χ0n) is 17.3. The van der Waals surface area contributed by atoms with Gasteiger partial charge in [0.2, 0.25) is 0 Å². The largest absolute Gasteiger partial charge is 0.374 e. The van der Waals surface area contributed by atoms with Gasteiger partial charge in [0.25, 0.3) is 10.0 Å². The number of hydrogen-bond donors (Lipinski definition) is 1. The Labute approximate surface area is 181 Å². The van der Waals surface area contributed by atoms with Crippen molar-refractivity contribution in [3.63, 3.8) is 0 Å². The van der Waals surface area contributed by atoms with Crippen molar-refractivity contribution in [3.8, 4) is 0 Å². The number of allylic oxidation sites excluding steroid dienone is 3. The van der Waals surface area contributed by atoms with E-state index in [0.717, 1.165) is 36.3 Å². The van der Waals surface area contributed by atoms with Gasteiger partial charge in [0.15, 0.2) is 0 Å². The van der Waals surface area contributed by atoms with Crippen LogP contribution >= 0.6 is 0 Å². The van der Waals surface area contributed by atoms with Crippen LogP contribution in [-0.4, -0.2) is 52.5 Å². The van der Waals surface area contributed by atoms with Gasteiger partial charge in [-0.15, -0.1) is 0 Å². The van der Waals surface area contributed by atoms with E-state index in [-0.39, 0.29) is 29.4 Å². The van der Waals surface area contributed by atoms with Gasteiger partial charge in [-0.05, 0) is 31.4 Å². The summed E-state index contributed by atoms with van der Waals surface area (Å²) in [7, 11) is -3.43. The Kier molecular flexibility index (Phi) is 5.52. The third-order valence-corrected chi connectivity index (χ3v) is 9.14. The van der Waals surface area contributed by atoms with E-state index in [1.54, 1.807) is 6.20 Å². The second-order valence-electron chi connectivity index (χ2n) is 9.16. The summed E-state index contributed by atoms with van der Waals surface area (Å²) in [6, 6.07) is -0.388. The molecule has 10 heteroatoms. The summed E-state index contributed by atoms with van der Waals surface area (Å²) < 4.78 is 60.5. The van der Waals surface area contributed by atoms with Crippen LogP contribution in [0.25, 0.3) is 0 Å². The van der Waals surface area contributed by atoms with Gasteiger partial charge in [0, 0.05) is 49.3 Å². The molecule has 0 bridgehead atoms. The molecule has 0 aromatic carbocycles. The molecular weight excluding hydrogens is 426 g/mol. The van der Waals surface area contributed by atoms with Crippen LogP contribution in [0.15, 0.2) is 30.0 Å². The fourth-order valence-corrected chi connectivity index (χ4v) is 7.07. The molecule has 1 aromatic heterocycles. The van der Waals surface area contributed by atoms with Crippen LogP contribution in [0.1, 0.15) is 49.8 Å². The van der Waals surface area contributed by atoms with E-state index in [0.29, 0.717) is 39.0 Å². The maximum absolute atomic E-state index is 14.2. The molecule has 2 N–H and O–H groups in total. The van der Waals surface area contributed by atoms with E-state index in [1.807, 2.05) is 0 Å². The quantitative estimate of drug-likeness (QED) is 0.752. The molecule has 2 aliphatic carbocycles. The minimum Gasteiger partial charge on any atom is -0.374 e. The van der Waals surface area contributed by atoms with Crippen molar-refractivity contribution in [2.75, 3.05) is 6.61 Å². The smallest absolute Gasteiger partial charge is 0.256 e. The predicted octanol–water partition coefficient (Wildman–Crippen LogP) is 2.53. The van der Waals surface area contributed by atoms with Gasteiger partial charge < -0.3 is 10.5 Å². The second kappa shape index (κ2) is 8.06. The van der Waals surface area contributed by atoms with Crippen molar-refractivity contribution < 1.29 is 21.9 Å². The molecule has 5 rings (SSSR count). The van der Waals surface area contributed by atoms with Gasteiger partial charge in [-0.3, -0.25) is 4.90 Å². The van der Waals surface area contributed by atoms with Crippen LogP contribution in [0.2, 0.25) is 0 Å². The Hall–Kier alpha value is -1.62. The van der Waals surface area contributed by atoms with Crippen LogP contribution in [-0.2, 0) is 27.8 Å². The summed E-state index contributed by atoms with van der Waals surface area (Å²) in [6.07, 6.45) is 7.27. The zero-order valence-corrected chi connectivity index (χ0v) is 18.1. The maximum Gasteiger partial charge on any atom is 0.256 e. The lowest BCUT2D eigenvalue weighted by molar-refractivity contribution is -0.0729. The Morgan fingerprint density at radius 3 is 2.65 bits per heavy atom. The first kappa shape index (κ1) is 21.2.